The van der Waals surface area contributed by atoms with E-state index in [1.54, 1.807) is 0 Å². The van der Waals surface area contributed by atoms with E-state index in [-0.39, 0.29) is 21.7 Å². The van der Waals surface area contributed by atoms with Gasteiger partial charge < -0.3 is 14.3 Å². The molecular weight excluding hydrogens is 800 g/mol. The van der Waals surface area contributed by atoms with Gasteiger partial charge in [-0.1, -0.05) is 160 Å². The number of nitrogens with one attached hydrogen (secondary N) is 1. The molecule has 1 aliphatic heterocycles. The molecule has 2 aliphatic carbocycles. The molecule has 4 heteroatoms. The van der Waals surface area contributed by atoms with Crippen LogP contribution in [0.15, 0.2) is 144 Å². The van der Waals surface area contributed by atoms with E-state index < -0.39 is 0 Å². The molecular formula is C62H55BN2O. The second kappa shape index (κ2) is 13.0. The maximum Gasteiger partial charge on any atom is 0.198 e. The second-order valence-corrected chi connectivity index (χ2v) is 22.6. The smallest absolute Gasteiger partial charge is 0.198 e. The number of hydrogen-bond donors (Lipinski definition) is 1. The summed E-state index contributed by atoms with van der Waals surface area (Å²) in [6.07, 6.45) is 0. The van der Waals surface area contributed by atoms with Crippen molar-refractivity contribution in [3.8, 4) is 39.1 Å². The maximum atomic E-state index is 6.66. The average molecular weight is 855 g/mol. The van der Waals surface area contributed by atoms with Crippen molar-refractivity contribution >= 4 is 73.3 Å². The van der Waals surface area contributed by atoms with E-state index >= 15 is 0 Å². The Morgan fingerprint density at radius 2 is 1.20 bits per heavy atom. The Labute approximate surface area is 388 Å². The van der Waals surface area contributed by atoms with Crippen LogP contribution in [0.1, 0.15) is 103 Å². The van der Waals surface area contributed by atoms with Crippen LogP contribution in [0.3, 0.4) is 0 Å². The van der Waals surface area contributed by atoms with E-state index in [1.165, 1.54) is 105 Å². The van der Waals surface area contributed by atoms with Gasteiger partial charge in [-0.2, -0.15) is 0 Å². The summed E-state index contributed by atoms with van der Waals surface area (Å²) in [6.45, 7) is 23.6. The Balaban J connectivity index is 1.21. The van der Waals surface area contributed by atoms with E-state index in [0.717, 1.165) is 40.6 Å². The Morgan fingerprint density at radius 3 is 1.94 bits per heavy atom. The average Bonchev–Trinajstić information content (AvgIpc) is 3.96. The first-order valence-corrected chi connectivity index (χ1v) is 23.9. The molecule has 0 saturated heterocycles. The molecule has 1 N–H and O–H groups in total. The van der Waals surface area contributed by atoms with E-state index in [4.69, 9.17) is 4.42 Å². The molecule has 322 valence electrons. The Kier molecular flexibility index (Phi) is 7.78. The normalized spacial score (nSPS) is 15.2. The Morgan fingerprint density at radius 1 is 0.530 bits per heavy atom. The van der Waals surface area contributed by atoms with E-state index in [2.05, 4.69) is 219 Å². The van der Waals surface area contributed by atoms with Crippen LogP contribution in [0.4, 0.5) is 11.4 Å². The topological polar surface area (TPSA) is 30.1 Å². The van der Waals surface area contributed by atoms with Crippen molar-refractivity contribution in [2.45, 2.75) is 90.9 Å². The molecule has 0 atom stereocenters. The second-order valence-electron chi connectivity index (χ2n) is 22.6. The first-order chi connectivity index (χ1) is 31.5. The minimum absolute atomic E-state index is 0.0207. The predicted molar refractivity (Wildman–Crippen MR) is 282 cm³/mol. The summed E-state index contributed by atoms with van der Waals surface area (Å²) in [5, 5.41) is 9.12. The lowest BCUT2D eigenvalue weighted by Crippen LogP contribution is -2.38. The van der Waals surface area contributed by atoms with Gasteiger partial charge in [0.15, 0.2) is 7.28 Å². The minimum atomic E-state index is -0.275. The molecule has 8 aromatic carbocycles. The van der Waals surface area contributed by atoms with Crippen LogP contribution in [0, 0.1) is 0 Å². The number of furan rings is 1. The molecule has 0 fully saturated rings. The number of aromatic nitrogens is 1. The van der Waals surface area contributed by atoms with Gasteiger partial charge in [-0.3, -0.25) is 0 Å². The third-order valence-electron chi connectivity index (χ3n) is 15.9. The van der Waals surface area contributed by atoms with Gasteiger partial charge in [-0.25, -0.2) is 0 Å². The lowest BCUT2D eigenvalue weighted by molar-refractivity contribution is 0.590. The molecule has 0 spiro atoms. The fourth-order valence-electron chi connectivity index (χ4n) is 12.4. The lowest BCUT2D eigenvalue weighted by atomic mass is 9.57. The molecule has 0 radical (unpaired) electrons. The molecule has 13 rings (SSSR count). The van der Waals surface area contributed by atoms with E-state index in [9.17, 15) is 0 Å². The molecule has 2 aromatic heterocycles. The van der Waals surface area contributed by atoms with Crippen LogP contribution in [0.5, 0.6) is 0 Å². The highest BCUT2D eigenvalue weighted by Crippen LogP contribution is 2.59. The van der Waals surface area contributed by atoms with Crippen molar-refractivity contribution in [3.05, 3.63) is 173 Å². The molecule has 10 aromatic rings. The zero-order valence-electron chi connectivity index (χ0n) is 39.8. The molecule has 0 amide bonds. The third-order valence-corrected chi connectivity index (χ3v) is 15.9. The summed E-state index contributed by atoms with van der Waals surface area (Å²) in [4.78, 5) is 0. The summed E-state index contributed by atoms with van der Waals surface area (Å²) < 4.78 is 9.30. The number of fused-ring (bicyclic) bond motifs is 15. The highest BCUT2D eigenvalue weighted by atomic mass is 16.3. The van der Waals surface area contributed by atoms with Gasteiger partial charge in [0.1, 0.15) is 11.2 Å². The van der Waals surface area contributed by atoms with Crippen LogP contribution in [-0.4, -0.2) is 11.8 Å². The molecule has 0 unspecified atom stereocenters. The van der Waals surface area contributed by atoms with Crippen LogP contribution in [0.25, 0.3) is 82.8 Å². The summed E-state index contributed by atoms with van der Waals surface area (Å²) in [6, 6.07) is 53.1. The van der Waals surface area contributed by atoms with Gasteiger partial charge >= 0.3 is 0 Å². The minimum Gasteiger partial charge on any atom is -0.456 e. The van der Waals surface area contributed by atoms with E-state index in [0.29, 0.717) is 0 Å². The van der Waals surface area contributed by atoms with Gasteiger partial charge in [0, 0.05) is 60.5 Å². The van der Waals surface area contributed by atoms with Gasteiger partial charge in [0.2, 0.25) is 0 Å². The first-order valence-electron chi connectivity index (χ1n) is 23.9. The van der Waals surface area contributed by atoms with Crippen molar-refractivity contribution in [1.29, 1.82) is 0 Å². The number of nitrogens with zero attached hydrogens (tertiary/aromatic N) is 1. The van der Waals surface area contributed by atoms with Crippen molar-refractivity contribution in [2.24, 2.45) is 0 Å². The monoisotopic (exact) mass is 854 g/mol. The van der Waals surface area contributed by atoms with Gasteiger partial charge in [-0.05, 0) is 132 Å². The van der Waals surface area contributed by atoms with Crippen molar-refractivity contribution < 1.29 is 4.42 Å². The number of rotatable bonds is 3. The van der Waals surface area contributed by atoms with Crippen LogP contribution in [0.2, 0.25) is 0 Å². The van der Waals surface area contributed by atoms with Crippen molar-refractivity contribution in [1.82, 2.24) is 4.57 Å². The predicted octanol–water partition coefficient (Wildman–Crippen LogP) is 15.0. The fourth-order valence-corrected chi connectivity index (χ4v) is 12.4. The van der Waals surface area contributed by atoms with Gasteiger partial charge in [0.25, 0.3) is 0 Å². The quantitative estimate of drug-likeness (QED) is 0.179. The number of anilines is 2. The van der Waals surface area contributed by atoms with Crippen LogP contribution < -0.4 is 16.2 Å². The largest absolute Gasteiger partial charge is 0.456 e. The summed E-state index contributed by atoms with van der Waals surface area (Å²) in [7, 11) is 0.769. The molecule has 3 aliphatic rings. The van der Waals surface area contributed by atoms with Crippen LogP contribution >= 0.6 is 0 Å². The lowest BCUT2D eigenvalue weighted by Gasteiger charge is -2.29. The summed E-state index contributed by atoms with van der Waals surface area (Å²) in [5.74, 6) is 0. The summed E-state index contributed by atoms with van der Waals surface area (Å²) >= 11 is 0. The zero-order chi connectivity index (χ0) is 45.4. The van der Waals surface area contributed by atoms with Crippen molar-refractivity contribution in [3.63, 3.8) is 0 Å². The molecule has 66 heavy (non-hydrogen) atoms. The summed E-state index contributed by atoms with van der Waals surface area (Å²) in [5.41, 5.74) is 26.3. The molecule has 3 nitrogen and oxygen atoms in total. The highest BCUT2D eigenvalue weighted by molar-refractivity contribution is 6.74. The van der Waals surface area contributed by atoms with Gasteiger partial charge in [0.05, 0.1) is 5.52 Å². The third kappa shape index (κ3) is 5.27. The standard InChI is InChI=1S/C62H55BN2O/c1-59(2,3)34-23-26-36(27-24-34)64-48-32-46-40(37-17-11-14-20-44(37)61(46,7)8)30-42(48)54-53-39-19-12-15-21-45(39)62(9,10)56(53)55-43-29-35(60(4,5)6)25-28-49(43)65-50-31-41-38-18-13-16-22-51(38)66-52(41)33-47(50)63-57(54)58(55)65/h11-33,63-64H,1-10H3. The fraction of sp³-hybridized carbons (Fsp3) is 0.226. The SMILES string of the molecule is CC(C)(C)c1ccc(Nc2cc3c(cc2-c2c4c(c5c6cc(C(C)(C)C)ccc6n6c5c2Bc2cc5oc7ccccc7c5cc2-6)C(C)(C)c2ccccc2-4)-c2ccccc2C3(C)C)cc1. The number of benzene rings is 8. The molecule has 0 bridgehead atoms. The van der Waals surface area contributed by atoms with E-state index in [1.807, 2.05) is 0 Å². The molecule has 3 heterocycles. The van der Waals surface area contributed by atoms with Crippen molar-refractivity contribution in [2.75, 3.05) is 5.32 Å². The highest BCUT2D eigenvalue weighted by Gasteiger charge is 2.44. The number of para-hydroxylation sites is 1. The Hall–Kier alpha value is -6.78. The van der Waals surface area contributed by atoms with Crippen LogP contribution in [-0.2, 0) is 21.7 Å². The Bertz CT molecular complexity index is 3770. The van der Waals surface area contributed by atoms with Gasteiger partial charge in [-0.15, -0.1) is 0 Å². The maximum absolute atomic E-state index is 6.66. The zero-order valence-corrected chi connectivity index (χ0v) is 39.8. The first kappa shape index (κ1) is 39.6. The molecule has 0 saturated carbocycles. The number of hydrogen-bond acceptors (Lipinski definition) is 2.